The zero-order valence-electron chi connectivity index (χ0n) is 12.6. The van der Waals surface area contributed by atoms with Crippen LogP contribution in [-0.2, 0) is 16.6 Å². The highest BCUT2D eigenvalue weighted by molar-refractivity contribution is 8.67. The zero-order chi connectivity index (χ0) is 16.2. The molecule has 0 aromatic heterocycles. The monoisotopic (exact) mass is 348 g/mol. The van der Waals surface area contributed by atoms with Crippen molar-refractivity contribution in [2.75, 3.05) is 5.75 Å². The van der Waals surface area contributed by atoms with Gasteiger partial charge in [-0.2, -0.15) is 0 Å². The molecule has 21 heavy (non-hydrogen) atoms. The van der Waals surface area contributed by atoms with Gasteiger partial charge in [0, 0.05) is 0 Å². The highest BCUT2D eigenvalue weighted by Gasteiger charge is 2.19. The van der Waals surface area contributed by atoms with Gasteiger partial charge in [-0.1, -0.05) is 57.3 Å². The number of carbonyl (C=O) groups excluding carboxylic acids is 1. The van der Waals surface area contributed by atoms with E-state index in [2.05, 4.69) is 11.8 Å². The van der Waals surface area contributed by atoms with E-state index in [4.69, 9.17) is 14.5 Å². The summed E-state index contributed by atoms with van der Waals surface area (Å²) in [5, 5.41) is 0. The summed E-state index contributed by atoms with van der Waals surface area (Å²) < 4.78 is 5.48. The van der Waals surface area contributed by atoms with Gasteiger partial charge in [0.2, 0.25) is 5.69 Å². The Bertz CT molecular complexity index is 526. The highest BCUT2D eigenvalue weighted by atomic mass is 32.9. The summed E-state index contributed by atoms with van der Waals surface area (Å²) in [7, 11) is 0. The molecule has 0 amide bonds. The normalized spacial score (nSPS) is 12.0. The number of esters is 1. The third-order valence-corrected chi connectivity index (χ3v) is 5.93. The van der Waals surface area contributed by atoms with Gasteiger partial charge >= 0.3 is 5.97 Å². The average molecular weight is 348 g/mol. The Morgan fingerprint density at radius 1 is 1.24 bits per heavy atom. The molecular weight excluding hydrogens is 327 g/mol. The van der Waals surface area contributed by atoms with Crippen LogP contribution in [0.25, 0.3) is 0 Å². The number of hydrogen-bond donors (Lipinski definition) is 2. The summed E-state index contributed by atoms with van der Waals surface area (Å²) in [6.07, 6.45) is 0. The summed E-state index contributed by atoms with van der Waals surface area (Å²) in [5.74, 6) is 0.333. The summed E-state index contributed by atoms with van der Waals surface area (Å²) >= 11 is 5.13. The van der Waals surface area contributed by atoms with Crippen molar-refractivity contribution in [3.8, 4) is 5.75 Å². The quantitative estimate of drug-likeness (QED) is 0.463. The summed E-state index contributed by atoms with van der Waals surface area (Å²) in [4.78, 5) is 30.2. The van der Waals surface area contributed by atoms with E-state index in [9.17, 15) is 4.79 Å². The predicted molar refractivity (Wildman–Crippen MR) is 91.4 cm³/mol. The van der Waals surface area contributed by atoms with E-state index < -0.39 is 11.7 Å². The number of benzene rings is 1. The van der Waals surface area contributed by atoms with Crippen molar-refractivity contribution >= 4 is 34.9 Å². The van der Waals surface area contributed by atoms with Gasteiger partial charge in [-0.15, -0.1) is 0 Å². The van der Waals surface area contributed by atoms with E-state index in [-0.39, 0.29) is 17.6 Å². The second-order valence-corrected chi connectivity index (χ2v) is 11.4. The molecule has 0 aliphatic heterocycles. The number of ether oxygens (including phenoxy) is 1. The minimum Gasteiger partial charge on any atom is -0.425 e. The fourth-order valence-electron chi connectivity index (χ4n) is 1.88. The van der Waals surface area contributed by atoms with Crippen molar-refractivity contribution in [2.24, 2.45) is 0 Å². The van der Waals surface area contributed by atoms with E-state index >= 15 is 0 Å². The van der Waals surface area contributed by atoms with Gasteiger partial charge < -0.3 is 14.5 Å². The van der Waals surface area contributed by atoms with E-state index in [1.54, 1.807) is 0 Å². The predicted octanol–water partition coefficient (Wildman–Crippen LogP) is 3.78. The van der Waals surface area contributed by atoms with Gasteiger partial charge in [0.25, 0.3) is 0 Å². The van der Waals surface area contributed by atoms with Crippen molar-refractivity contribution in [3.05, 3.63) is 29.3 Å². The smallest absolute Gasteiger partial charge is 0.321 e. The molecule has 0 atom stereocenters. The standard InChI is InChI=1S/C14H21O4PS2/c1-9(2)11-6-5-7-12(10(3)4)14(11)18-13(15)8-21-19(16,17)20/h5-7,9-10H,8H2,1-4H3,(H2,16,17,20). The van der Waals surface area contributed by atoms with Crippen LogP contribution < -0.4 is 4.74 Å². The molecule has 0 heterocycles. The molecule has 0 aliphatic rings. The average Bonchev–Trinajstić information content (AvgIpc) is 2.35. The molecule has 0 bridgehead atoms. The van der Waals surface area contributed by atoms with Crippen LogP contribution in [0.3, 0.4) is 0 Å². The minimum atomic E-state index is -3.44. The van der Waals surface area contributed by atoms with Crippen LogP contribution in [0.4, 0.5) is 0 Å². The first kappa shape index (κ1) is 18.7. The Kier molecular flexibility index (Phi) is 6.88. The lowest BCUT2D eigenvalue weighted by Gasteiger charge is -2.19. The Labute approximate surface area is 134 Å². The molecule has 1 rings (SSSR count). The molecule has 0 aliphatic carbocycles. The molecule has 7 heteroatoms. The van der Waals surface area contributed by atoms with Gasteiger partial charge in [-0.05, 0) is 34.8 Å². The maximum absolute atomic E-state index is 11.9. The second kappa shape index (κ2) is 7.75. The zero-order valence-corrected chi connectivity index (χ0v) is 15.1. The third kappa shape index (κ3) is 6.09. The number of carbonyl (C=O) groups is 1. The number of rotatable bonds is 6. The lowest BCUT2D eigenvalue weighted by molar-refractivity contribution is -0.131. The van der Waals surface area contributed by atoms with Gasteiger partial charge in [-0.25, -0.2) is 0 Å². The molecule has 118 valence electrons. The van der Waals surface area contributed by atoms with Gasteiger partial charge in [0.05, 0.1) is 0 Å². The SMILES string of the molecule is CC(C)c1cccc(C(C)C)c1OC(=O)CSP(O)(O)=S. The lowest BCUT2D eigenvalue weighted by atomic mass is 9.94. The fraction of sp³-hybridized carbons (Fsp3) is 0.500. The first-order valence-electron chi connectivity index (χ1n) is 6.65. The Hall–Kier alpha value is -0.390. The Morgan fingerprint density at radius 2 is 1.71 bits per heavy atom. The molecule has 0 saturated carbocycles. The summed E-state index contributed by atoms with van der Waals surface area (Å²) in [6.45, 7) is 8.14. The highest BCUT2D eigenvalue weighted by Crippen LogP contribution is 2.50. The lowest BCUT2D eigenvalue weighted by Crippen LogP contribution is -2.14. The van der Waals surface area contributed by atoms with Crippen molar-refractivity contribution < 1.29 is 19.3 Å². The van der Waals surface area contributed by atoms with Crippen molar-refractivity contribution in [2.45, 2.75) is 39.5 Å². The maximum atomic E-state index is 11.9. The van der Waals surface area contributed by atoms with Gasteiger partial charge in [0.1, 0.15) is 11.5 Å². The van der Waals surface area contributed by atoms with Crippen molar-refractivity contribution in [1.29, 1.82) is 0 Å². The van der Waals surface area contributed by atoms with Crippen LogP contribution in [0.15, 0.2) is 18.2 Å². The van der Waals surface area contributed by atoms with E-state index in [0.717, 1.165) is 11.1 Å². The molecule has 1 aromatic rings. The number of hydrogen-bond acceptors (Lipinski definition) is 4. The molecule has 0 radical (unpaired) electrons. The first-order chi connectivity index (χ1) is 9.61. The van der Waals surface area contributed by atoms with Crippen molar-refractivity contribution in [1.82, 2.24) is 0 Å². The third-order valence-electron chi connectivity index (χ3n) is 2.89. The van der Waals surface area contributed by atoms with E-state index in [0.29, 0.717) is 17.1 Å². The fourth-order valence-corrected chi connectivity index (χ4v) is 3.51. The van der Waals surface area contributed by atoms with Crippen molar-refractivity contribution in [3.63, 3.8) is 0 Å². The molecule has 0 fully saturated rings. The maximum Gasteiger partial charge on any atom is 0.321 e. The Morgan fingerprint density at radius 3 is 2.10 bits per heavy atom. The van der Waals surface area contributed by atoms with Crippen LogP contribution in [0.2, 0.25) is 0 Å². The van der Waals surface area contributed by atoms with E-state index in [1.165, 1.54) is 0 Å². The van der Waals surface area contributed by atoms with Crippen LogP contribution in [0, 0.1) is 0 Å². The van der Waals surface area contributed by atoms with Crippen LogP contribution in [-0.4, -0.2) is 21.5 Å². The molecule has 1 aromatic carbocycles. The Balaban J connectivity index is 3.00. The van der Waals surface area contributed by atoms with Gasteiger partial charge in [0.15, 0.2) is 0 Å². The molecule has 0 saturated heterocycles. The molecule has 4 nitrogen and oxygen atoms in total. The van der Waals surface area contributed by atoms with Gasteiger partial charge in [-0.3, -0.25) is 4.79 Å². The first-order valence-corrected chi connectivity index (χ1v) is 10.9. The second-order valence-electron chi connectivity index (χ2n) is 5.31. The topological polar surface area (TPSA) is 66.8 Å². The van der Waals surface area contributed by atoms with Crippen LogP contribution in [0.5, 0.6) is 5.75 Å². The van der Waals surface area contributed by atoms with Crippen LogP contribution >= 0.6 is 17.1 Å². The molecule has 0 spiro atoms. The molecular formula is C14H21O4PS2. The molecule has 0 unspecified atom stereocenters. The van der Waals surface area contributed by atoms with E-state index in [1.807, 2.05) is 45.9 Å². The minimum absolute atomic E-state index is 0.172. The summed E-state index contributed by atoms with van der Waals surface area (Å²) in [5.41, 5.74) is -1.51. The number of para-hydroxylation sites is 1. The largest absolute Gasteiger partial charge is 0.425 e. The van der Waals surface area contributed by atoms with Crippen LogP contribution in [0.1, 0.15) is 50.7 Å². The molecule has 2 N–H and O–H groups in total. The summed E-state index contributed by atoms with van der Waals surface area (Å²) in [6, 6.07) is 5.83.